The average molecular weight is 265 g/mol. The lowest BCUT2D eigenvalue weighted by atomic mass is 10.2. The van der Waals surface area contributed by atoms with Gasteiger partial charge in [0.15, 0.2) is 0 Å². The van der Waals surface area contributed by atoms with Crippen molar-refractivity contribution >= 4 is 28.3 Å². The highest BCUT2D eigenvalue weighted by molar-refractivity contribution is 9.10. The summed E-state index contributed by atoms with van der Waals surface area (Å²) >= 11 is 3.40. The molecule has 2 rings (SSSR count). The van der Waals surface area contributed by atoms with Gasteiger partial charge in [-0.1, -0.05) is 22.0 Å². The molecule has 13 heavy (non-hydrogen) atoms. The van der Waals surface area contributed by atoms with E-state index in [9.17, 15) is 0 Å². The van der Waals surface area contributed by atoms with Crippen LogP contribution >= 0.6 is 28.3 Å². The van der Waals surface area contributed by atoms with Crippen LogP contribution in [0.2, 0.25) is 0 Å². The van der Waals surface area contributed by atoms with E-state index in [0.717, 1.165) is 23.3 Å². The molecule has 1 aromatic carbocycles. The van der Waals surface area contributed by atoms with Crippen molar-refractivity contribution in [1.82, 2.24) is 5.32 Å². The lowest BCUT2D eigenvalue weighted by Gasteiger charge is -2.27. The highest BCUT2D eigenvalue weighted by Crippen LogP contribution is 2.19. The van der Waals surface area contributed by atoms with E-state index < -0.39 is 0 Å². The van der Waals surface area contributed by atoms with E-state index in [0.29, 0.717) is 6.10 Å². The van der Waals surface area contributed by atoms with Crippen LogP contribution in [0.15, 0.2) is 28.7 Å². The average Bonchev–Trinajstić information content (AvgIpc) is 1.97. The molecular weight excluding hydrogens is 253 g/mol. The molecule has 1 aromatic rings. The molecule has 1 N–H and O–H groups in total. The Morgan fingerprint density at radius 1 is 1.38 bits per heavy atom. The maximum absolute atomic E-state index is 5.64. The lowest BCUT2D eigenvalue weighted by molar-refractivity contribution is 0.142. The van der Waals surface area contributed by atoms with Crippen molar-refractivity contribution in [2.24, 2.45) is 0 Å². The first-order chi connectivity index (χ1) is 5.84. The van der Waals surface area contributed by atoms with E-state index in [4.69, 9.17) is 4.74 Å². The first-order valence-electron chi connectivity index (χ1n) is 3.97. The second kappa shape index (κ2) is 4.84. The van der Waals surface area contributed by atoms with E-state index in [1.165, 1.54) is 0 Å². The van der Waals surface area contributed by atoms with Crippen molar-refractivity contribution in [3.8, 4) is 5.75 Å². The minimum atomic E-state index is 0. The van der Waals surface area contributed by atoms with Crippen molar-refractivity contribution in [2.45, 2.75) is 6.10 Å². The molecule has 1 aliphatic rings. The summed E-state index contributed by atoms with van der Waals surface area (Å²) in [5, 5.41) is 3.16. The normalized spacial score (nSPS) is 15.8. The minimum Gasteiger partial charge on any atom is -0.488 e. The summed E-state index contributed by atoms with van der Waals surface area (Å²) in [5.74, 6) is 0.941. The molecule has 0 saturated carbocycles. The predicted octanol–water partition coefficient (Wildman–Crippen LogP) is 2.22. The van der Waals surface area contributed by atoms with Crippen LogP contribution in [0, 0.1) is 0 Å². The summed E-state index contributed by atoms with van der Waals surface area (Å²) in [6.07, 6.45) is 0.360. The second-order valence-electron chi connectivity index (χ2n) is 2.86. The molecular formula is C9H11BrClNO. The molecule has 0 radical (unpaired) electrons. The summed E-state index contributed by atoms with van der Waals surface area (Å²) in [6.45, 7) is 1.93. The summed E-state index contributed by atoms with van der Waals surface area (Å²) in [4.78, 5) is 0. The molecule has 0 aliphatic carbocycles. The highest BCUT2D eigenvalue weighted by atomic mass is 79.9. The smallest absolute Gasteiger partial charge is 0.123 e. The Balaban J connectivity index is 0.000000845. The standard InChI is InChI=1S/C9H10BrNO.ClH/c10-7-2-1-3-8(4-7)12-9-5-11-6-9;/h1-4,9,11H,5-6H2;1H. The Morgan fingerprint density at radius 3 is 2.69 bits per heavy atom. The molecule has 0 aromatic heterocycles. The van der Waals surface area contributed by atoms with E-state index in [1.807, 2.05) is 24.3 Å². The number of hydrogen-bond acceptors (Lipinski definition) is 2. The Labute approximate surface area is 92.2 Å². The van der Waals surface area contributed by atoms with Gasteiger partial charge >= 0.3 is 0 Å². The monoisotopic (exact) mass is 263 g/mol. The van der Waals surface area contributed by atoms with Crippen molar-refractivity contribution in [3.05, 3.63) is 28.7 Å². The van der Waals surface area contributed by atoms with Gasteiger partial charge in [-0.2, -0.15) is 0 Å². The fraction of sp³-hybridized carbons (Fsp3) is 0.333. The molecule has 4 heteroatoms. The van der Waals surface area contributed by atoms with Crippen LogP contribution in [0.25, 0.3) is 0 Å². The van der Waals surface area contributed by atoms with Crippen LogP contribution in [-0.4, -0.2) is 19.2 Å². The predicted molar refractivity (Wildman–Crippen MR) is 58.7 cm³/mol. The van der Waals surface area contributed by atoms with Crippen LogP contribution < -0.4 is 10.1 Å². The van der Waals surface area contributed by atoms with Crippen molar-refractivity contribution in [2.75, 3.05) is 13.1 Å². The lowest BCUT2D eigenvalue weighted by Crippen LogP contribution is -2.50. The van der Waals surface area contributed by atoms with Crippen LogP contribution in [0.5, 0.6) is 5.75 Å². The first kappa shape index (κ1) is 10.8. The Bertz CT molecular complexity index is 278. The minimum absolute atomic E-state index is 0. The Hall–Kier alpha value is -0.250. The van der Waals surface area contributed by atoms with E-state index in [1.54, 1.807) is 0 Å². The van der Waals surface area contributed by atoms with Gasteiger partial charge in [0.1, 0.15) is 11.9 Å². The summed E-state index contributed by atoms with van der Waals surface area (Å²) in [7, 11) is 0. The van der Waals surface area contributed by atoms with Gasteiger partial charge in [0.25, 0.3) is 0 Å². The topological polar surface area (TPSA) is 21.3 Å². The molecule has 1 saturated heterocycles. The number of halogens is 2. The number of rotatable bonds is 2. The summed E-state index contributed by atoms with van der Waals surface area (Å²) in [6, 6.07) is 7.93. The molecule has 0 spiro atoms. The highest BCUT2D eigenvalue weighted by Gasteiger charge is 2.17. The van der Waals surface area contributed by atoms with Crippen molar-refractivity contribution in [3.63, 3.8) is 0 Å². The number of benzene rings is 1. The third-order valence-electron chi connectivity index (χ3n) is 1.84. The molecule has 1 aliphatic heterocycles. The third-order valence-corrected chi connectivity index (χ3v) is 2.34. The largest absolute Gasteiger partial charge is 0.488 e. The van der Waals surface area contributed by atoms with Crippen molar-refractivity contribution < 1.29 is 4.74 Å². The first-order valence-corrected chi connectivity index (χ1v) is 4.77. The molecule has 0 unspecified atom stereocenters. The Morgan fingerprint density at radius 2 is 2.15 bits per heavy atom. The number of hydrogen-bond donors (Lipinski definition) is 1. The van der Waals surface area contributed by atoms with Gasteiger partial charge in [-0.25, -0.2) is 0 Å². The van der Waals surface area contributed by atoms with Crippen LogP contribution in [0.1, 0.15) is 0 Å². The quantitative estimate of drug-likeness (QED) is 0.884. The maximum atomic E-state index is 5.64. The van der Waals surface area contributed by atoms with Gasteiger partial charge in [-0.05, 0) is 18.2 Å². The molecule has 1 heterocycles. The molecule has 72 valence electrons. The molecule has 2 nitrogen and oxygen atoms in total. The van der Waals surface area contributed by atoms with Crippen LogP contribution in [-0.2, 0) is 0 Å². The van der Waals surface area contributed by atoms with Crippen molar-refractivity contribution in [1.29, 1.82) is 0 Å². The van der Waals surface area contributed by atoms with Gasteiger partial charge in [-0.3, -0.25) is 0 Å². The SMILES string of the molecule is Brc1cccc(OC2CNC2)c1.Cl. The summed E-state index contributed by atoms with van der Waals surface area (Å²) in [5.41, 5.74) is 0. The van der Waals surface area contributed by atoms with Gasteiger partial charge in [-0.15, -0.1) is 12.4 Å². The Kier molecular flexibility index (Phi) is 4.03. The molecule has 0 bridgehead atoms. The van der Waals surface area contributed by atoms with Crippen LogP contribution in [0.4, 0.5) is 0 Å². The van der Waals surface area contributed by atoms with Gasteiger partial charge in [0.05, 0.1) is 0 Å². The number of ether oxygens (including phenoxy) is 1. The molecule has 0 amide bonds. The number of nitrogens with one attached hydrogen (secondary N) is 1. The van der Waals surface area contributed by atoms with E-state index >= 15 is 0 Å². The summed E-state index contributed by atoms with van der Waals surface area (Å²) < 4.78 is 6.70. The van der Waals surface area contributed by atoms with E-state index in [2.05, 4.69) is 21.2 Å². The van der Waals surface area contributed by atoms with Gasteiger partial charge < -0.3 is 10.1 Å². The third kappa shape index (κ3) is 2.86. The zero-order valence-corrected chi connectivity index (χ0v) is 9.40. The van der Waals surface area contributed by atoms with Gasteiger partial charge in [0.2, 0.25) is 0 Å². The fourth-order valence-electron chi connectivity index (χ4n) is 1.08. The van der Waals surface area contributed by atoms with Gasteiger partial charge in [0, 0.05) is 17.6 Å². The zero-order valence-electron chi connectivity index (χ0n) is 7.00. The molecule has 0 atom stereocenters. The molecule has 1 fully saturated rings. The fourth-order valence-corrected chi connectivity index (χ4v) is 1.46. The van der Waals surface area contributed by atoms with E-state index in [-0.39, 0.29) is 12.4 Å². The van der Waals surface area contributed by atoms with Crippen LogP contribution in [0.3, 0.4) is 0 Å². The zero-order chi connectivity index (χ0) is 8.39. The maximum Gasteiger partial charge on any atom is 0.123 e. The second-order valence-corrected chi connectivity index (χ2v) is 3.77.